The molecule has 1 saturated heterocycles. The van der Waals surface area contributed by atoms with Crippen LogP contribution >= 0.6 is 11.8 Å². The molecule has 0 bridgehead atoms. The van der Waals surface area contributed by atoms with E-state index in [1.807, 2.05) is 13.0 Å². The van der Waals surface area contributed by atoms with Gasteiger partial charge in [-0.2, -0.15) is 0 Å². The molecule has 5 N–H and O–H groups in total. The Balaban J connectivity index is 1.63. The van der Waals surface area contributed by atoms with E-state index in [-0.39, 0.29) is 17.9 Å². The second kappa shape index (κ2) is 12.1. The maximum absolute atomic E-state index is 12.8. The molecule has 4 atom stereocenters. The highest BCUT2D eigenvalue weighted by Crippen LogP contribution is 2.29. The summed E-state index contributed by atoms with van der Waals surface area (Å²) in [5.74, 6) is 0.206. The second-order valence-corrected chi connectivity index (χ2v) is 8.87. The number of carbonyl (C=O) groups is 2. The Morgan fingerprint density at radius 1 is 1.42 bits per heavy atom. The van der Waals surface area contributed by atoms with Gasteiger partial charge in [-0.15, -0.1) is 0 Å². The number of thioether (sulfide) groups is 1. The number of nitrogens with one attached hydrogen (secondary N) is 3. The van der Waals surface area contributed by atoms with Crippen LogP contribution in [-0.2, 0) is 23.8 Å². The van der Waals surface area contributed by atoms with Gasteiger partial charge in [-0.1, -0.05) is 11.8 Å². The van der Waals surface area contributed by atoms with Gasteiger partial charge in [-0.25, -0.2) is 0 Å². The smallest absolute Gasteiger partial charge is 0.270 e. The highest BCUT2D eigenvalue weighted by atomic mass is 32.2. The lowest BCUT2D eigenvalue weighted by molar-refractivity contribution is -0.131. The minimum absolute atomic E-state index is 0.0139. The quantitative estimate of drug-likeness (QED) is 0.313. The molecule has 33 heavy (non-hydrogen) atoms. The Bertz CT molecular complexity index is 839. The largest absolute Gasteiger partial charge is 0.489 e. The molecule has 10 nitrogen and oxygen atoms in total. The molecule has 0 radical (unpaired) electrons. The van der Waals surface area contributed by atoms with Crippen molar-refractivity contribution in [2.24, 2.45) is 5.73 Å². The van der Waals surface area contributed by atoms with Crippen LogP contribution < -0.4 is 21.7 Å². The SMILES string of the molecule is CNC=CC(N)NC(=O)C1=CC(OC(C)COC)=CC(OC2NC(C(=O)N3CCC3)=CS2)C1. The molecule has 1 aliphatic carbocycles. The fourth-order valence-corrected chi connectivity index (χ4v) is 4.23. The first-order valence-corrected chi connectivity index (χ1v) is 11.9. The van der Waals surface area contributed by atoms with Crippen molar-refractivity contribution in [3.05, 3.63) is 46.9 Å². The number of nitrogens with two attached hydrogens (primary N) is 1. The molecule has 11 heteroatoms. The van der Waals surface area contributed by atoms with E-state index < -0.39 is 17.8 Å². The topological polar surface area (TPSA) is 127 Å². The summed E-state index contributed by atoms with van der Waals surface area (Å²) >= 11 is 1.39. The molecule has 3 aliphatic rings. The van der Waals surface area contributed by atoms with Crippen molar-refractivity contribution < 1.29 is 23.8 Å². The third-order valence-corrected chi connectivity index (χ3v) is 5.99. The summed E-state index contributed by atoms with van der Waals surface area (Å²) in [5, 5.41) is 10.5. The standard InChI is InChI=1S/C22H33N5O5S/c1-14(12-30-3)31-16-9-15(20(28)26-19(23)5-6-24-2)10-17(11-16)32-22-25-18(13-33-22)21(29)27-7-4-8-27/h5-6,9,11,13-14,17,19,22,24-25H,4,7-8,10,12,23H2,1-3H3,(H,26,28). The van der Waals surface area contributed by atoms with Gasteiger partial charge in [-0.3, -0.25) is 9.59 Å². The summed E-state index contributed by atoms with van der Waals surface area (Å²) in [6, 6.07) is 0. The first-order valence-electron chi connectivity index (χ1n) is 10.9. The second-order valence-electron chi connectivity index (χ2n) is 7.94. The summed E-state index contributed by atoms with van der Waals surface area (Å²) in [6.45, 7) is 3.86. The van der Waals surface area contributed by atoms with Gasteiger partial charge in [0.1, 0.15) is 17.6 Å². The summed E-state index contributed by atoms with van der Waals surface area (Å²) in [5.41, 5.74) is 6.52. The Morgan fingerprint density at radius 2 is 2.21 bits per heavy atom. The van der Waals surface area contributed by atoms with E-state index >= 15 is 0 Å². The van der Waals surface area contributed by atoms with Gasteiger partial charge in [-0.05, 0) is 37.8 Å². The molecule has 2 heterocycles. The molecule has 0 aromatic heterocycles. The predicted molar refractivity (Wildman–Crippen MR) is 126 cm³/mol. The molecule has 0 saturated carbocycles. The number of methoxy groups -OCH3 is 1. The van der Waals surface area contributed by atoms with E-state index in [9.17, 15) is 9.59 Å². The van der Waals surface area contributed by atoms with E-state index in [0.29, 0.717) is 30.1 Å². The van der Waals surface area contributed by atoms with Crippen LogP contribution in [0.25, 0.3) is 0 Å². The molecule has 3 rings (SSSR count). The van der Waals surface area contributed by atoms with Gasteiger partial charge in [0.05, 0.1) is 18.9 Å². The first kappa shape index (κ1) is 25.2. The maximum Gasteiger partial charge on any atom is 0.270 e. The van der Waals surface area contributed by atoms with Gasteiger partial charge < -0.3 is 40.8 Å². The zero-order valence-electron chi connectivity index (χ0n) is 19.2. The normalized spacial score (nSPS) is 24.1. The summed E-state index contributed by atoms with van der Waals surface area (Å²) in [7, 11) is 3.35. The lowest BCUT2D eigenvalue weighted by atomic mass is 10.0. The van der Waals surface area contributed by atoms with Crippen LogP contribution in [0.4, 0.5) is 0 Å². The molecule has 2 aliphatic heterocycles. The first-order chi connectivity index (χ1) is 15.9. The molecule has 182 valence electrons. The van der Waals surface area contributed by atoms with Crippen molar-refractivity contribution in [2.75, 3.05) is 33.9 Å². The number of hydrogen-bond donors (Lipinski definition) is 4. The Hall–Kier alpha value is -2.47. The van der Waals surface area contributed by atoms with Crippen molar-refractivity contribution >= 4 is 23.6 Å². The number of hydrogen-bond acceptors (Lipinski definition) is 9. The van der Waals surface area contributed by atoms with Gasteiger partial charge in [0.25, 0.3) is 5.91 Å². The maximum atomic E-state index is 12.8. The van der Waals surface area contributed by atoms with Gasteiger partial charge in [0.2, 0.25) is 5.91 Å². The number of allylic oxidation sites excluding steroid dienone is 1. The van der Waals surface area contributed by atoms with E-state index in [2.05, 4.69) is 16.0 Å². The average Bonchev–Trinajstić information content (AvgIpc) is 3.19. The van der Waals surface area contributed by atoms with Crippen molar-refractivity contribution in [1.82, 2.24) is 20.9 Å². The third-order valence-electron chi connectivity index (χ3n) is 5.14. The third kappa shape index (κ3) is 7.26. The Kier molecular flexibility index (Phi) is 9.24. The molecule has 4 unspecified atom stereocenters. The molecule has 0 spiro atoms. The van der Waals surface area contributed by atoms with E-state index in [1.165, 1.54) is 11.8 Å². The van der Waals surface area contributed by atoms with Gasteiger partial charge in [0.15, 0.2) is 5.56 Å². The molecule has 2 amide bonds. The summed E-state index contributed by atoms with van der Waals surface area (Å²) in [4.78, 5) is 27.0. The minimum Gasteiger partial charge on any atom is -0.489 e. The van der Waals surface area contributed by atoms with Crippen molar-refractivity contribution in [1.29, 1.82) is 0 Å². The van der Waals surface area contributed by atoms with E-state index in [0.717, 1.165) is 19.5 Å². The van der Waals surface area contributed by atoms with Crippen molar-refractivity contribution in [2.45, 2.75) is 43.7 Å². The van der Waals surface area contributed by atoms with Crippen LogP contribution in [0.15, 0.2) is 46.9 Å². The van der Waals surface area contributed by atoms with Crippen LogP contribution in [0.2, 0.25) is 0 Å². The lowest BCUT2D eigenvalue weighted by Gasteiger charge is -2.31. The summed E-state index contributed by atoms with van der Waals surface area (Å²) < 4.78 is 17.2. The highest BCUT2D eigenvalue weighted by molar-refractivity contribution is 8.02. The molecule has 0 aromatic rings. The highest BCUT2D eigenvalue weighted by Gasteiger charge is 2.31. The number of rotatable bonds is 11. The monoisotopic (exact) mass is 479 g/mol. The number of ether oxygens (including phenoxy) is 3. The van der Waals surface area contributed by atoms with Crippen LogP contribution in [0.3, 0.4) is 0 Å². The Labute approximate surface area is 198 Å². The van der Waals surface area contributed by atoms with E-state index in [1.54, 1.807) is 42.8 Å². The fourth-order valence-electron chi connectivity index (χ4n) is 3.40. The van der Waals surface area contributed by atoms with Crippen LogP contribution in [-0.4, -0.2) is 74.5 Å². The fraction of sp³-hybridized carbons (Fsp3) is 0.545. The zero-order valence-corrected chi connectivity index (χ0v) is 20.0. The number of carbonyl (C=O) groups excluding carboxylic acids is 2. The van der Waals surface area contributed by atoms with Gasteiger partial charge >= 0.3 is 0 Å². The number of likely N-dealkylation sites (tertiary alicyclic amines) is 1. The number of nitrogens with zero attached hydrogens (tertiary/aromatic N) is 1. The van der Waals surface area contributed by atoms with Crippen molar-refractivity contribution in [3.63, 3.8) is 0 Å². The average molecular weight is 480 g/mol. The summed E-state index contributed by atoms with van der Waals surface area (Å²) in [6.07, 6.45) is 6.93. The van der Waals surface area contributed by atoms with Crippen LogP contribution in [0.1, 0.15) is 19.8 Å². The number of amides is 2. The molecule has 0 aromatic carbocycles. The van der Waals surface area contributed by atoms with Crippen LogP contribution in [0, 0.1) is 0 Å². The van der Waals surface area contributed by atoms with E-state index in [4.69, 9.17) is 19.9 Å². The lowest BCUT2D eigenvalue weighted by Crippen LogP contribution is -2.45. The molecular weight excluding hydrogens is 446 g/mol. The van der Waals surface area contributed by atoms with Crippen LogP contribution in [0.5, 0.6) is 0 Å². The van der Waals surface area contributed by atoms with Gasteiger partial charge in [0, 0.05) is 44.6 Å². The minimum atomic E-state index is -0.640. The van der Waals surface area contributed by atoms with Crippen molar-refractivity contribution in [3.8, 4) is 0 Å². The zero-order chi connectivity index (χ0) is 23.8. The predicted octanol–water partition coefficient (Wildman–Crippen LogP) is 0.465. The Morgan fingerprint density at radius 3 is 2.88 bits per heavy atom. The molecule has 1 fully saturated rings. The molecular formula is C22H33N5O5S.